The SMILES string of the molecule is CN=C(NCC1(O)CCC1)N1CC2C3CCC(O3)C2C1.I. The van der Waals surface area contributed by atoms with Crippen molar-refractivity contribution < 1.29 is 9.84 Å². The van der Waals surface area contributed by atoms with Gasteiger partial charge < -0.3 is 20.1 Å². The van der Waals surface area contributed by atoms with Crippen LogP contribution in [0.3, 0.4) is 0 Å². The Morgan fingerprint density at radius 3 is 2.38 bits per heavy atom. The Kier molecular flexibility index (Phi) is 4.40. The number of halogens is 1. The first-order valence-corrected chi connectivity index (χ1v) is 8.02. The van der Waals surface area contributed by atoms with Crippen molar-refractivity contribution in [2.75, 3.05) is 26.7 Å². The molecular weight excluding hydrogens is 381 g/mol. The summed E-state index contributed by atoms with van der Waals surface area (Å²) in [6, 6.07) is 0. The smallest absolute Gasteiger partial charge is 0.193 e. The van der Waals surface area contributed by atoms with Crippen LogP contribution in [0.25, 0.3) is 0 Å². The molecule has 0 aromatic heterocycles. The number of hydrogen-bond acceptors (Lipinski definition) is 3. The third kappa shape index (κ3) is 2.67. The highest BCUT2D eigenvalue weighted by molar-refractivity contribution is 14.0. The molecule has 6 heteroatoms. The molecule has 3 saturated heterocycles. The van der Waals surface area contributed by atoms with Crippen LogP contribution in [0.1, 0.15) is 32.1 Å². The lowest BCUT2D eigenvalue weighted by molar-refractivity contribution is -0.0283. The molecule has 2 bridgehead atoms. The third-order valence-electron chi connectivity index (χ3n) is 5.82. The molecule has 0 radical (unpaired) electrons. The van der Waals surface area contributed by atoms with Crippen molar-refractivity contribution >= 4 is 29.9 Å². The van der Waals surface area contributed by atoms with E-state index in [4.69, 9.17) is 4.74 Å². The molecule has 1 aliphatic carbocycles. The second-order valence-corrected chi connectivity index (χ2v) is 7.00. The van der Waals surface area contributed by atoms with Crippen LogP contribution in [0.5, 0.6) is 0 Å². The molecule has 4 fully saturated rings. The lowest BCUT2D eigenvalue weighted by Gasteiger charge is -2.37. The van der Waals surface area contributed by atoms with E-state index < -0.39 is 5.60 Å². The Hall–Kier alpha value is -0.0800. The lowest BCUT2D eigenvalue weighted by atomic mass is 9.80. The van der Waals surface area contributed by atoms with Gasteiger partial charge in [0.1, 0.15) is 0 Å². The number of aliphatic hydroxyl groups is 1. The molecule has 0 aromatic carbocycles. The normalized spacial score (nSPS) is 39.7. The van der Waals surface area contributed by atoms with Crippen LogP contribution in [0.2, 0.25) is 0 Å². The van der Waals surface area contributed by atoms with Gasteiger partial charge in [-0.2, -0.15) is 0 Å². The number of rotatable bonds is 2. The molecular formula is C15H26IN3O2. The number of ether oxygens (including phenoxy) is 1. The maximum atomic E-state index is 10.2. The number of nitrogens with one attached hydrogen (secondary N) is 1. The summed E-state index contributed by atoms with van der Waals surface area (Å²) in [4.78, 5) is 6.78. The Morgan fingerprint density at radius 1 is 1.29 bits per heavy atom. The molecule has 0 amide bonds. The van der Waals surface area contributed by atoms with E-state index in [0.717, 1.165) is 38.3 Å². The second-order valence-electron chi connectivity index (χ2n) is 7.00. The van der Waals surface area contributed by atoms with E-state index >= 15 is 0 Å². The van der Waals surface area contributed by atoms with Gasteiger partial charge in [-0.25, -0.2) is 0 Å². The molecule has 1 saturated carbocycles. The molecule has 3 aliphatic heterocycles. The lowest BCUT2D eigenvalue weighted by Crippen LogP contribution is -2.51. The molecule has 5 nitrogen and oxygen atoms in total. The van der Waals surface area contributed by atoms with E-state index in [0.29, 0.717) is 30.6 Å². The summed E-state index contributed by atoms with van der Waals surface area (Å²) in [5.74, 6) is 2.34. The van der Waals surface area contributed by atoms with Gasteiger partial charge >= 0.3 is 0 Å². The van der Waals surface area contributed by atoms with Gasteiger partial charge in [0.15, 0.2) is 5.96 Å². The predicted octanol–water partition coefficient (Wildman–Crippen LogP) is 1.20. The zero-order valence-electron chi connectivity index (χ0n) is 12.6. The highest BCUT2D eigenvalue weighted by atomic mass is 127. The summed E-state index contributed by atoms with van der Waals surface area (Å²) >= 11 is 0. The van der Waals surface area contributed by atoms with Crippen molar-refractivity contribution in [3.8, 4) is 0 Å². The van der Waals surface area contributed by atoms with Crippen molar-refractivity contribution in [2.45, 2.75) is 49.9 Å². The van der Waals surface area contributed by atoms with Crippen LogP contribution in [0.15, 0.2) is 4.99 Å². The fourth-order valence-corrected chi connectivity index (χ4v) is 4.47. The van der Waals surface area contributed by atoms with Crippen molar-refractivity contribution in [2.24, 2.45) is 16.8 Å². The number of guanidine groups is 1. The summed E-state index contributed by atoms with van der Waals surface area (Å²) in [6.45, 7) is 2.75. The summed E-state index contributed by atoms with van der Waals surface area (Å²) < 4.78 is 6.01. The van der Waals surface area contributed by atoms with Gasteiger partial charge in [0, 0.05) is 38.5 Å². The molecule has 21 heavy (non-hydrogen) atoms. The fourth-order valence-electron chi connectivity index (χ4n) is 4.47. The largest absolute Gasteiger partial charge is 0.388 e. The van der Waals surface area contributed by atoms with Crippen LogP contribution in [0.4, 0.5) is 0 Å². The van der Waals surface area contributed by atoms with Crippen LogP contribution >= 0.6 is 24.0 Å². The fraction of sp³-hybridized carbons (Fsp3) is 0.933. The summed E-state index contributed by atoms with van der Waals surface area (Å²) in [5, 5.41) is 13.6. The maximum Gasteiger partial charge on any atom is 0.193 e. The molecule has 4 unspecified atom stereocenters. The summed E-state index contributed by atoms with van der Waals surface area (Å²) in [6.07, 6.45) is 6.44. The number of aliphatic imine (C=N–C) groups is 1. The van der Waals surface area contributed by atoms with Crippen LogP contribution in [-0.2, 0) is 4.74 Å². The molecule has 4 aliphatic rings. The topological polar surface area (TPSA) is 57.1 Å². The van der Waals surface area contributed by atoms with E-state index in [2.05, 4.69) is 15.2 Å². The van der Waals surface area contributed by atoms with Crippen molar-refractivity contribution in [3.63, 3.8) is 0 Å². The van der Waals surface area contributed by atoms with Crippen LogP contribution < -0.4 is 5.32 Å². The van der Waals surface area contributed by atoms with Gasteiger partial charge in [-0.1, -0.05) is 0 Å². The maximum absolute atomic E-state index is 10.2. The number of hydrogen-bond donors (Lipinski definition) is 2. The van der Waals surface area contributed by atoms with E-state index in [1.807, 2.05) is 7.05 Å². The van der Waals surface area contributed by atoms with Crippen molar-refractivity contribution in [3.05, 3.63) is 0 Å². The zero-order chi connectivity index (χ0) is 13.7. The first-order chi connectivity index (χ1) is 9.68. The number of nitrogens with zero attached hydrogens (tertiary/aromatic N) is 2. The minimum atomic E-state index is -0.492. The Bertz CT molecular complexity index is 409. The van der Waals surface area contributed by atoms with Gasteiger partial charge in [0.05, 0.1) is 17.8 Å². The number of fused-ring (bicyclic) bond motifs is 5. The van der Waals surface area contributed by atoms with Gasteiger partial charge in [0.25, 0.3) is 0 Å². The van der Waals surface area contributed by atoms with Gasteiger partial charge in [-0.3, -0.25) is 4.99 Å². The quantitative estimate of drug-likeness (QED) is 0.411. The molecule has 0 spiro atoms. The summed E-state index contributed by atoms with van der Waals surface area (Å²) in [7, 11) is 1.84. The van der Waals surface area contributed by atoms with E-state index in [9.17, 15) is 5.11 Å². The Morgan fingerprint density at radius 2 is 1.90 bits per heavy atom. The van der Waals surface area contributed by atoms with Crippen LogP contribution in [0, 0.1) is 11.8 Å². The minimum Gasteiger partial charge on any atom is -0.388 e. The van der Waals surface area contributed by atoms with E-state index in [1.54, 1.807) is 0 Å². The van der Waals surface area contributed by atoms with E-state index in [1.165, 1.54) is 12.8 Å². The first-order valence-electron chi connectivity index (χ1n) is 8.02. The highest BCUT2D eigenvalue weighted by Gasteiger charge is 2.53. The molecule has 120 valence electrons. The van der Waals surface area contributed by atoms with Gasteiger partial charge in [-0.05, 0) is 32.1 Å². The number of likely N-dealkylation sites (tertiary alicyclic amines) is 1. The van der Waals surface area contributed by atoms with Crippen molar-refractivity contribution in [1.29, 1.82) is 0 Å². The average Bonchev–Trinajstić information content (AvgIpc) is 3.09. The average molecular weight is 407 g/mol. The Balaban J connectivity index is 0.00000132. The second kappa shape index (κ2) is 5.85. The Labute approximate surface area is 143 Å². The van der Waals surface area contributed by atoms with Crippen molar-refractivity contribution in [1.82, 2.24) is 10.2 Å². The summed E-state index contributed by atoms with van der Waals surface area (Å²) in [5.41, 5.74) is -0.492. The predicted molar refractivity (Wildman–Crippen MR) is 92.0 cm³/mol. The molecule has 4 atom stereocenters. The zero-order valence-corrected chi connectivity index (χ0v) is 15.0. The first kappa shape index (κ1) is 15.8. The van der Waals surface area contributed by atoms with Gasteiger partial charge in [0.2, 0.25) is 0 Å². The van der Waals surface area contributed by atoms with Gasteiger partial charge in [-0.15, -0.1) is 24.0 Å². The highest BCUT2D eigenvalue weighted by Crippen LogP contribution is 2.47. The monoisotopic (exact) mass is 407 g/mol. The van der Waals surface area contributed by atoms with Crippen LogP contribution in [-0.4, -0.2) is 60.5 Å². The molecule has 4 rings (SSSR count). The van der Waals surface area contributed by atoms with E-state index in [-0.39, 0.29) is 24.0 Å². The minimum absolute atomic E-state index is 0. The standard InChI is InChI=1S/C15H25N3O2.HI/c1-16-14(17-9-15(19)5-2-6-15)18-7-10-11(8-18)13-4-3-12(10)20-13;/h10-13,19H,2-9H2,1H3,(H,16,17);1H. The molecule has 2 N–H and O–H groups in total. The molecule has 0 aromatic rings. The molecule has 3 heterocycles. The third-order valence-corrected chi connectivity index (χ3v) is 5.82.